The summed E-state index contributed by atoms with van der Waals surface area (Å²) in [5.41, 5.74) is 3.09. The highest BCUT2D eigenvalue weighted by molar-refractivity contribution is 5.96. The van der Waals surface area contributed by atoms with E-state index >= 15 is 0 Å². The van der Waals surface area contributed by atoms with Crippen molar-refractivity contribution in [3.05, 3.63) is 29.3 Å². The van der Waals surface area contributed by atoms with Crippen molar-refractivity contribution in [1.29, 1.82) is 0 Å². The second-order valence-electron chi connectivity index (χ2n) is 6.05. The van der Waals surface area contributed by atoms with Crippen molar-refractivity contribution in [3.63, 3.8) is 0 Å². The van der Waals surface area contributed by atoms with Crippen LogP contribution in [0.5, 0.6) is 0 Å². The molecule has 0 aliphatic carbocycles. The molecule has 2 N–H and O–H groups in total. The quantitative estimate of drug-likeness (QED) is 0.883. The highest BCUT2D eigenvalue weighted by atomic mass is 16.2. The van der Waals surface area contributed by atoms with Crippen molar-refractivity contribution in [3.8, 4) is 0 Å². The number of hydrogen-bond acceptors (Lipinski definition) is 2. The molecule has 0 unspecified atom stereocenters. The van der Waals surface area contributed by atoms with E-state index in [4.69, 9.17) is 0 Å². The number of carbonyl (C=O) groups excluding carboxylic acids is 1. The molecule has 0 bridgehead atoms. The molecule has 0 atom stereocenters. The summed E-state index contributed by atoms with van der Waals surface area (Å²) in [6, 6.07) is 6.21. The summed E-state index contributed by atoms with van der Waals surface area (Å²) in [5.74, 6) is 0.203. The summed E-state index contributed by atoms with van der Waals surface area (Å²) < 4.78 is 0. The van der Waals surface area contributed by atoms with Gasteiger partial charge in [-0.2, -0.15) is 0 Å². The number of rotatable bonds is 4. The fourth-order valence-electron chi connectivity index (χ4n) is 3.10. The second kappa shape index (κ2) is 6.40. The normalized spacial score (nSPS) is 17.8. The zero-order valence-electron chi connectivity index (χ0n) is 12.9. The Hall–Kier alpha value is -1.35. The topological polar surface area (TPSA) is 41.1 Å². The molecule has 3 heteroatoms. The van der Waals surface area contributed by atoms with E-state index < -0.39 is 0 Å². The summed E-state index contributed by atoms with van der Waals surface area (Å²) in [4.78, 5) is 12.8. The Morgan fingerprint density at radius 1 is 1.30 bits per heavy atom. The van der Waals surface area contributed by atoms with E-state index in [0.717, 1.165) is 50.0 Å². The molecule has 1 saturated heterocycles. The van der Waals surface area contributed by atoms with Gasteiger partial charge in [0, 0.05) is 5.69 Å². The first-order valence-electron chi connectivity index (χ1n) is 7.67. The van der Waals surface area contributed by atoms with E-state index in [2.05, 4.69) is 42.7 Å². The van der Waals surface area contributed by atoms with Gasteiger partial charge in [0.2, 0.25) is 5.91 Å². The zero-order chi connectivity index (χ0) is 14.6. The SMILES string of the molecule is CCCC1(C(=O)Nc2cc(C)ccc2C)CCNCC1. The minimum atomic E-state index is -0.184. The van der Waals surface area contributed by atoms with Crippen LogP contribution < -0.4 is 10.6 Å². The van der Waals surface area contributed by atoms with Crippen molar-refractivity contribution < 1.29 is 4.79 Å². The smallest absolute Gasteiger partial charge is 0.230 e. The first-order chi connectivity index (χ1) is 9.57. The van der Waals surface area contributed by atoms with Crippen LogP contribution in [0.3, 0.4) is 0 Å². The molecule has 0 saturated carbocycles. The lowest BCUT2D eigenvalue weighted by molar-refractivity contribution is -0.127. The number of benzene rings is 1. The summed E-state index contributed by atoms with van der Waals surface area (Å²) >= 11 is 0. The molecule has 20 heavy (non-hydrogen) atoms. The number of carbonyl (C=O) groups is 1. The van der Waals surface area contributed by atoms with Gasteiger partial charge in [0.25, 0.3) is 0 Å². The minimum absolute atomic E-state index is 0.184. The molecule has 3 nitrogen and oxygen atoms in total. The van der Waals surface area contributed by atoms with Gasteiger partial charge in [0.15, 0.2) is 0 Å². The molecular weight excluding hydrogens is 248 g/mol. The molecule has 0 radical (unpaired) electrons. The predicted octanol–water partition coefficient (Wildman–Crippen LogP) is 3.41. The van der Waals surface area contributed by atoms with E-state index in [0.29, 0.717) is 0 Å². The van der Waals surface area contributed by atoms with Gasteiger partial charge in [0.05, 0.1) is 5.41 Å². The molecule has 1 aliphatic heterocycles. The van der Waals surface area contributed by atoms with E-state index in [-0.39, 0.29) is 11.3 Å². The van der Waals surface area contributed by atoms with Gasteiger partial charge in [-0.25, -0.2) is 0 Å². The van der Waals surface area contributed by atoms with Gasteiger partial charge >= 0.3 is 0 Å². The molecule has 1 aromatic carbocycles. The largest absolute Gasteiger partial charge is 0.325 e. The van der Waals surface area contributed by atoms with E-state index in [1.807, 2.05) is 6.92 Å². The Morgan fingerprint density at radius 2 is 2.00 bits per heavy atom. The van der Waals surface area contributed by atoms with Crippen LogP contribution >= 0.6 is 0 Å². The third kappa shape index (κ3) is 3.21. The molecule has 2 rings (SSSR count). The first-order valence-corrected chi connectivity index (χ1v) is 7.67. The van der Waals surface area contributed by atoms with E-state index in [9.17, 15) is 4.79 Å². The van der Waals surface area contributed by atoms with Crippen molar-refractivity contribution in [2.24, 2.45) is 5.41 Å². The Morgan fingerprint density at radius 3 is 2.65 bits per heavy atom. The molecule has 110 valence electrons. The summed E-state index contributed by atoms with van der Waals surface area (Å²) in [6.45, 7) is 8.15. The molecule has 1 fully saturated rings. The van der Waals surface area contributed by atoms with Gasteiger partial charge in [-0.1, -0.05) is 25.5 Å². The molecule has 1 aliphatic rings. The monoisotopic (exact) mass is 274 g/mol. The molecule has 1 amide bonds. The van der Waals surface area contributed by atoms with Gasteiger partial charge in [-0.05, 0) is 63.4 Å². The van der Waals surface area contributed by atoms with Crippen molar-refractivity contribution in [1.82, 2.24) is 5.32 Å². The number of amides is 1. The Kier molecular flexibility index (Phi) is 4.81. The Bertz CT molecular complexity index is 470. The number of piperidine rings is 1. The number of nitrogens with one attached hydrogen (secondary N) is 2. The predicted molar refractivity (Wildman–Crippen MR) is 84.0 cm³/mol. The highest BCUT2D eigenvalue weighted by Crippen LogP contribution is 2.35. The van der Waals surface area contributed by atoms with Crippen LogP contribution in [0, 0.1) is 19.3 Å². The van der Waals surface area contributed by atoms with Gasteiger partial charge in [-0.3, -0.25) is 4.79 Å². The van der Waals surface area contributed by atoms with Gasteiger partial charge < -0.3 is 10.6 Å². The number of anilines is 1. The van der Waals surface area contributed by atoms with Crippen molar-refractivity contribution >= 4 is 11.6 Å². The lowest BCUT2D eigenvalue weighted by Gasteiger charge is -2.36. The Labute approximate surface area is 122 Å². The van der Waals surface area contributed by atoms with Crippen LogP contribution in [-0.4, -0.2) is 19.0 Å². The summed E-state index contributed by atoms with van der Waals surface area (Å²) in [7, 11) is 0. The summed E-state index contributed by atoms with van der Waals surface area (Å²) in [5, 5.41) is 6.54. The van der Waals surface area contributed by atoms with Crippen LogP contribution in [0.1, 0.15) is 43.7 Å². The van der Waals surface area contributed by atoms with Gasteiger partial charge in [0.1, 0.15) is 0 Å². The molecule has 0 spiro atoms. The van der Waals surface area contributed by atoms with E-state index in [1.54, 1.807) is 0 Å². The van der Waals surface area contributed by atoms with E-state index in [1.165, 1.54) is 5.56 Å². The van der Waals surface area contributed by atoms with Crippen molar-refractivity contribution in [2.75, 3.05) is 18.4 Å². The standard InChI is InChI=1S/C17H26N2O/c1-4-7-17(8-10-18-11-9-17)16(20)19-15-12-13(2)5-6-14(15)3/h5-6,12,18H,4,7-11H2,1-3H3,(H,19,20). The summed E-state index contributed by atoms with van der Waals surface area (Å²) in [6.07, 6.45) is 3.92. The van der Waals surface area contributed by atoms with Crippen LogP contribution in [0.25, 0.3) is 0 Å². The minimum Gasteiger partial charge on any atom is -0.325 e. The van der Waals surface area contributed by atoms with Crippen LogP contribution in [0.15, 0.2) is 18.2 Å². The average molecular weight is 274 g/mol. The number of aryl methyl sites for hydroxylation is 2. The Balaban J connectivity index is 2.18. The lowest BCUT2D eigenvalue weighted by Crippen LogP contribution is -2.45. The molecule has 1 aromatic rings. The number of hydrogen-bond donors (Lipinski definition) is 2. The van der Waals surface area contributed by atoms with Gasteiger partial charge in [-0.15, -0.1) is 0 Å². The fourth-order valence-corrected chi connectivity index (χ4v) is 3.10. The molecule has 0 aromatic heterocycles. The highest BCUT2D eigenvalue weighted by Gasteiger charge is 2.38. The fraction of sp³-hybridized carbons (Fsp3) is 0.588. The molecule has 1 heterocycles. The maximum atomic E-state index is 12.8. The average Bonchev–Trinajstić information content (AvgIpc) is 2.44. The lowest BCUT2D eigenvalue weighted by atomic mass is 9.74. The first kappa shape index (κ1) is 15.0. The maximum Gasteiger partial charge on any atom is 0.230 e. The second-order valence-corrected chi connectivity index (χ2v) is 6.05. The van der Waals surface area contributed by atoms with Crippen LogP contribution in [0.2, 0.25) is 0 Å². The van der Waals surface area contributed by atoms with Crippen LogP contribution in [-0.2, 0) is 4.79 Å². The molecular formula is C17H26N2O. The third-order valence-electron chi connectivity index (χ3n) is 4.41. The maximum absolute atomic E-state index is 12.8. The van der Waals surface area contributed by atoms with Crippen LogP contribution in [0.4, 0.5) is 5.69 Å². The third-order valence-corrected chi connectivity index (χ3v) is 4.41. The van der Waals surface area contributed by atoms with Crippen molar-refractivity contribution in [2.45, 2.75) is 46.5 Å². The zero-order valence-corrected chi connectivity index (χ0v) is 12.9.